The number of aromatic nitrogens is 4. The number of hydrogen-bond donors (Lipinski definition) is 0. The van der Waals surface area contributed by atoms with E-state index in [4.69, 9.17) is 8.94 Å². The van der Waals surface area contributed by atoms with Crippen LogP contribution in [0.15, 0.2) is 57.4 Å². The fourth-order valence-electron chi connectivity index (χ4n) is 3.24. The molecule has 0 N–H and O–H groups in total. The molecule has 0 saturated carbocycles. The Hall–Kier alpha value is -3.53. The number of anilines is 1. The minimum absolute atomic E-state index is 0.102. The van der Waals surface area contributed by atoms with Crippen molar-refractivity contribution in [3.8, 4) is 22.2 Å². The molecule has 9 nitrogen and oxygen atoms in total. The van der Waals surface area contributed by atoms with Gasteiger partial charge < -0.3 is 18.7 Å². The molecular formula is C19H16N6O3S. The van der Waals surface area contributed by atoms with E-state index in [-0.39, 0.29) is 5.91 Å². The number of piperazine rings is 1. The second-order valence-electron chi connectivity index (χ2n) is 6.42. The lowest BCUT2D eigenvalue weighted by Crippen LogP contribution is -2.49. The van der Waals surface area contributed by atoms with Crippen molar-refractivity contribution >= 4 is 23.1 Å². The third-order valence-corrected chi connectivity index (χ3v) is 5.55. The number of carbonyl (C=O) groups excluding carboxylic acids is 1. The fourth-order valence-corrected chi connectivity index (χ4v) is 3.89. The topological polar surface area (TPSA) is 101 Å². The molecule has 1 amide bonds. The molecule has 5 rings (SSSR count). The highest BCUT2D eigenvalue weighted by atomic mass is 32.1. The molecule has 1 saturated heterocycles. The fraction of sp³-hybridized carbons (Fsp3) is 0.211. The standard InChI is InChI=1S/C19H16N6O3S/c26-19(14-3-1-9-27-14)25-7-5-24(6-8-25)17-13(11-20-12-21-17)18-22-16(23-28-18)15-4-2-10-29-15/h1-4,9-12H,5-8H2. The van der Waals surface area contributed by atoms with Crippen molar-refractivity contribution in [2.45, 2.75) is 0 Å². The highest BCUT2D eigenvalue weighted by molar-refractivity contribution is 7.13. The Kier molecular flexibility index (Phi) is 4.53. The van der Waals surface area contributed by atoms with Gasteiger partial charge in [-0.25, -0.2) is 9.97 Å². The lowest BCUT2D eigenvalue weighted by Gasteiger charge is -2.35. The average molecular weight is 408 g/mol. The smallest absolute Gasteiger partial charge is 0.289 e. The lowest BCUT2D eigenvalue weighted by molar-refractivity contribution is 0.0714. The van der Waals surface area contributed by atoms with Crippen LogP contribution in [-0.2, 0) is 0 Å². The van der Waals surface area contributed by atoms with Crippen molar-refractivity contribution in [2.24, 2.45) is 0 Å². The van der Waals surface area contributed by atoms with Crippen molar-refractivity contribution < 1.29 is 13.7 Å². The number of thiophene rings is 1. The summed E-state index contributed by atoms with van der Waals surface area (Å²) in [7, 11) is 0. The number of nitrogens with zero attached hydrogens (tertiary/aromatic N) is 6. The van der Waals surface area contributed by atoms with Crippen LogP contribution in [0, 0.1) is 0 Å². The number of amides is 1. The molecule has 1 fully saturated rings. The van der Waals surface area contributed by atoms with E-state index < -0.39 is 0 Å². The summed E-state index contributed by atoms with van der Waals surface area (Å²) in [5.41, 5.74) is 0.675. The Bertz CT molecular complexity index is 1100. The van der Waals surface area contributed by atoms with Crippen LogP contribution in [0.1, 0.15) is 10.6 Å². The summed E-state index contributed by atoms with van der Waals surface area (Å²) in [5, 5.41) is 6.04. The molecule has 4 aromatic rings. The molecule has 10 heteroatoms. The van der Waals surface area contributed by atoms with Gasteiger partial charge in [-0.2, -0.15) is 4.98 Å². The maximum Gasteiger partial charge on any atom is 0.289 e. The van der Waals surface area contributed by atoms with Gasteiger partial charge in [0, 0.05) is 32.4 Å². The van der Waals surface area contributed by atoms with E-state index in [9.17, 15) is 4.79 Å². The second kappa shape index (κ2) is 7.47. The van der Waals surface area contributed by atoms with Gasteiger partial charge in [0.05, 0.1) is 11.1 Å². The summed E-state index contributed by atoms with van der Waals surface area (Å²) < 4.78 is 10.7. The first-order chi connectivity index (χ1) is 14.3. The van der Waals surface area contributed by atoms with E-state index in [1.165, 1.54) is 12.6 Å². The predicted octanol–water partition coefficient (Wildman–Crippen LogP) is 2.81. The van der Waals surface area contributed by atoms with Gasteiger partial charge in [-0.1, -0.05) is 11.2 Å². The third kappa shape index (κ3) is 3.38. The summed E-state index contributed by atoms with van der Waals surface area (Å²) in [6.07, 6.45) is 4.68. The van der Waals surface area contributed by atoms with Crippen LogP contribution in [0.4, 0.5) is 5.82 Å². The predicted molar refractivity (Wildman–Crippen MR) is 105 cm³/mol. The minimum Gasteiger partial charge on any atom is -0.459 e. The first-order valence-electron chi connectivity index (χ1n) is 9.05. The maximum absolute atomic E-state index is 12.5. The molecule has 0 bridgehead atoms. The first kappa shape index (κ1) is 17.6. The molecule has 0 aliphatic carbocycles. The molecular weight excluding hydrogens is 392 g/mol. The van der Waals surface area contributed by atoms with Gasteiger partial charge >= 0.3 is 0 Å². The average Bonchev–Trinajstić information content (AvgIpc) is 3.55. The molecule has 4 aromatic heterocycles. The van der Waals surface area contributed by atoms with Gasteiger partial charge in [0.1, 0.15) is 17.7 Å². The maximum atomic E-state index is 12.5. The van der Waals surface area contributed by atoms with Crippen molar-refractivity contribution in [3.63, 3.8) is 0 Å². The number of furan rings is 1. The molecule has 5 heterocycles. The van der Waals surface area contributed by atoms with Crippen LogP contribution in [0.3, 0.4) is 0 Å². The highest BCUT2D eigenvalue weighted by Gasteiger charge is 2.27. The second-order valence-corrected chi connectivity index (χ2v) is 7.36. The van der Waals surface area contributed by atoms with E-state index in [2.05, 4.69) is 25.0 Å². The number of hydrogen-bond acceptors (Lipinski definition) is 9. The molecule has 0 aromatic carbocycles. The van der Waals surface area contributed by atoms with Crippen LogP contribution >= 0.6 is 11.3 Å². The summed E-state index contributed by atoms with van der Waals surface area (Å²) in [4.78, 5) is 30.3. The van der Waals surface area contributed by atoms with Crippen molar-refractivity contribution in [1.82, 2.24) is 25.0 Å². The summed E-state index contributed by atoms with van der Waals surface area (Å²) >= 11 is 1.55. The molecule has 0 unspecified atom stereocenters. The van der Waals surface area contributed by atoms with E-state index in [1.807, 2.05) is 17.5 Å². The van der Waals surface area contributed by atoms with E-state index in [0.29, 0.717) is 55.0 Å². The normalized spacial score (nSPS) is 14.3. The molecule has 0 atom stereocenters. The lowest BCUT2D eigenvalue weighted by atomic mass is 10.2. The molecule has 29 heavy (non-hydrogen) atoms. The Morgan fingerprint density at radius 3 is 2.79 bits per heavy atom. The molecule has 0 radical (unpaired) electrons. The quantitative estimate of drug-likeness (QED) is 0.508. The van der Waals surface area contributed by atoms with E-state index in [0.717, 1.165) is 4.88 Å². The van der Waals surface area contributed by atoms with Gasteiger partial charge in [-0.3, -0.25) is 4.79 Å². The van der Waals surface area contributed by atoms with E-state index >= 15 is 0 Å². The highest BCUT2D eigenvalue weighted by Crippen LogP contribution is 2.30. The van der Waals surface area contributed by atoms with Crippen LogP contribution in [0.2, 0.25) is 0 Å². The van der Waals surface area contributed by atoms with Crippen LogP contribution < -0.4 is 4.90 Å². The number of carbonyl (C=O) groups is 1. The number of rotatable bonds is 4. The van der Waals surface area contributed by atoms with Gasteiger partial charge in [-0.05, 0) is 23.6 Å². The minimum atomic E-state index is -0.102. The summed E-state index contributed by atoms with van der Waals surface area (Å²) in [6.45, 7) is 2.38. The SMILES string of the molecule is O=C(c1ccco1)N1CCN(c2ncncc2-c2nc(-c3cccs3)no2)CC1. The van der Waals surface area contributed by atoms with Gasteiger partial charge in [0.2, 0.25) is 5.82 Å². The zero-order valence-corrected chi connectivity index (χ0v) is 16.1. The zero-order valence-electron chi connectivity index (χ0n) is 15.3. The van der Waals surface area contributed by atoms with Gasteiger partial charge in [0.25, 0.3) is 11.8 Å². The van der Waals surface area contributed by atoms with Crippen molar-refractivity contribution in [1.29, 1.82) is 0 Å². The first-order valence-corrected chi connectivity index (χ1v) is 9.93. The Morgan fingerprint density at radius 1 is 1.14 bits per heavy atom. The van der Waals surface area contributed by atoms with Crippen LogP contribution in [-0.4, -0.2) is 57.1 Å². The largest absolute Gasteiger partial charge is 0.459 e. The Morgan fingerprint density at radius 2 is 2.03 bits per heavy atom. The van der Waals surface area contributed by atoms with Gasteiger partial charge in [-0.15, -0.1) is 11.3 Å². The van der Waals surface area contributed by atoms with Crippen LogP contribution in [0.5, 0.6) is 0 Å². The molecule has 146 valence electrons. The molecule has 0 spiro atoms. The Balaban J connectivity index is 1.35. The molecule has 1 aliphatic heterocycles. The van der Waals surface area contributed by atoms with Crippen molar-refractivity contribution in [3.05, 3.63) is 54.2 Å². The van der Waals surface area contributed by atoms with E-state index in [1.54, 1.807) is 34.6 Å². The summed E-state index contributed by atoms with van der Waals surface area (Å²) in [6, 6.07) is 7.27. The summed E-state index contributed by atoms with van der Waals surface area (Å²) in [5.74, 6) is 1.88. The third-order valence-electron chi connectivity index (χ3n) is 4.69. The Labute approximate surface area is 169 Å². The zero-order chi connectivity index (χ0) is 19.6. The molecule has 1 aliphatic rings. The monoisotopic (exact) mass is 408 g/mol. The van der Waals surface area contributed by atoms with Crippen LogP contribution in [0.25, 0.3) is 22.2 Å². The van der Waals surface area contributed by atoms with Crippen molar-refractivity contribution in [2.75, 3.05) is 31.1 Å². The van der Waals surface area contributed by atoms with Gasteiger partial charge in [0.15, 0.2) is 5.76 Å².